The second-order valence-electron chi connectivity index (χ2n) is 4.86. The second kappa shape index (κ2) is 6.47. The Labute approximate surface area is 107 Å². The summed E-state index contributed by atoms with van der Waals surface area (Å²) in [6, 6.07) is 3.53. The van der Waals surface area contributed by atoms with E-state index in [0.717, 1.165) is 5.56 Å². The Bertz CT molecular complexity index is 372. The molecule has 100 valence electrons. The van der Waals surface area contributed by atoms with Crippen LogP contribution in [-0.2, 0) is 14.3 Å². The van der Waals surface area contributed by atoms with Crippen LogP contribution in [0, 0.1) is 0 Å². The molecule has 0 aliphatic heterocycles. The number of hydrogen-bond acceptors (Lipinski definition) is 5. The van der Waals surface area contributed by atoms with Gasteiger partial charge < -0.3 is 14.6 Å². The van der Waals surface area contributed by atoms with Crippen molar-refractivity contribution in [3.05, 3.63) is 30.1 Å². The molecule has 0 fully saturated rings. The third-order valence-corrected chi connectivity index (χ3v) is 2.04. The predicted octanol–water partition coefficient (Wildman–Crippen LogP) is 1.47. The molecule has 18 heavy (non-hydrogen) atoms. The number of aromatic nitrogens is 1. The SMILES string of the molecule is CC(C)(C)OC(=O)COC(CO)c1cccnc1. The third-order valence-electron chi connectivity index (χ3n) is 2.04. The minimum absolute atomic E-state index is 0.197. The molecule has 0 saturated carbocycles. The number of hydrogen-bond donors (Lipinski definition) is 1. The third kappa shape index (κ3) is 5.25. The average molecular weight is 253 g/mol. The van der Waals surface area contributed by atoms with Gasteiger partial charge in [0.15, 0.2) is 0 Å². The minimum atomic E-state index is -0.564. The molecule has 1 heterocycles. The fourth-order valence-corrected chi connectivity index (χ4v) is 1.36. The van der Waals surface area contributed by atoms with Crippen LogP contribution >= 0.6 is 0 Å². The van der Waals surface area contributed by atoms with Crippen LogP contribution in [0.3, 0.4) is 0 Å². The Morgan fingerprint density at radius 2 is 2.22 bits per heavy atom. The van der Waals surface area contributed by atoms with Crippen LogP contribution in [0.1, 0.15) is 32.4 Å². The number of ether oxygens (including phenoxy) is 2. The van der Waals surface area contributed by atoms with Gasteiger partial charge in [-0.05, 0) is 26.8 Å². The minimum Gasteiger partial charge on any atom is -0.458 e. The zero-order valence-electron chi connectivity index (χ0n) is 10.9. The maximum atomic E-state index is 11.5. The van der Waals surface area contributed by atoms with Gasteiger partial charge in [0.05, 0.1) is 6.61 Å². The number of aliphatic hydroxyl groups is 1. The fourth-order valence-electron chi connectivity index (χ4n) is 1.36. The average Bonchev–Trinajstić information content (AvgIpc) is 2.29. The summed E-state index contributed by atoms with van der Waals surface area (Å²) in [4.78, 5) is 15.4. The number of rotatable bonds is 5. The highest BCUT2D eigenvalue weighted by molar-refractivity contribution is 5.71. The van der Waals surface area contributed by atoms with E-state index in [1.54, 1.807) is 45.3 Å². The van der Waals surface area contributed by atoms with Gasteiger partial charge in [-0.1, -0.05) is 6.07 Å². The molecule has 1 unspecified atom stereocenters. The Morgan fingerprint density at radius 3 is 2.72 bits per heavy atom. The molecule has 0 aromatic carbocycles. The molecule has 1 N–H and O–H groups in total. The molecule has 0 aliphatic carbocycles. The van der Waals surface area contributed by atoms with E-state index in [1.165, 1.54) is 0 Å². The Hall–Kier alpha value is -1.46. The first-order valence-electron chi connectivity index (χ1n) is 5.76. The molecule has 0 bridgehead atoms. The van der Waals surface area contributed by atoms with Crippen LogP contribution in [-0.4, -0.2) is 34.9 Å². The van der Waals surface area contributed by atoms with E-state index in [2.05, 4.69) is 4.98 Å². The lowest BCUT2D eigenvalue weighted by Gasteiger charge is -2.21. The summed E-state index contributed by atoms with van der Waals surface area (Å²) in [7, 11) is 0. The van der Waals surface area contributed by atoms with Crippen molar-refractivity contribution in [2.75, 3.05) is 13.2 Å². The Balaban J connectivity index is 2.48. The highest BCUT2D eigenvalue weighted by Crippen LogP contribution is 2.15. The van der Waals surface area contributed by atoms with Crippen LogP contribution in [0.15, 0.2) is 24.5 Å². The van der Waals surface area contributed by atoms with Gasteiger partial charge in [0.1, 0.15) is 18.3 Å². The molecule has 1 aromatic heterocycles. The van der Waals surface area contributed by atoms with Crippen molar-refractivity contribution in [2.24, 2.45) is 0 Å². The molecular weight excluding hydrogens is 234 g/mol. The largest absolute Gasteiger partial charge is 0.458 e. The normalized spacial score (nSPS) is 13.1. The van der Waals surface area contributed by atoms with E-state index in [9.17, 15) is 9.90 Å². The lowest BCUT2D eigenvalue weighted by Crippen LogP contribution is -2.27. The molecule has 0 saturated heterocycles. The first kappa shape index (κ1) is 14.6. The zero-order chi connectivity index (χ0) is 13.6. The van der Waals surface area contributed by atoms with Crippen molar-refractivity contribution >= 4 is 5.97 Å². The van der Waals surface area contributed by atoms with E-state index >= 15 is 0 Å². The van der Waals surface area contributed by atoms with E-state index < -0.39 is 17.7 Å². The van der Waals surface area contributed by atoms with Crippen LogP contribution in [0.5, 0.6) is 0 Å². The highest BCUT2D eigenvalue weighted by Gasteiger charge is 2.18. The van der Waals surface area contributed by atoms with Gasteiger partial charge in [-0.3, -0.25) is 4.98 Å². The summed E-state index contributed by atoms with van der Waals surface area (Å²) < 4.78 is 10.4. The summed E-state index contributed by atoms with van der Waals surface area (Å²) in [5.74, 6) is -0.454. The van der Waals surface area contributed by atoms with Crippen LogP contribution in [0.2, 0.25) is 0 Å². The van der Waals surface area contributed by atoms with Crippen LogP contribution in [0.25, 0.3) is 0 Å². The van der Waals surface area contributed by atoms with Gasteiger partial charge in [-0.25, -0.2) is 4.79 Å². The Kier molecular flexibility index (Phi) is 5.25. The number of aliphatic hydroxyl groups excluding tert-OH is 1. The molecular formula is C13H19NO4. The molecule has 0 amide bonds. The van der Waals surface area contributed by atoms with E-state index in [1.807, 2.05) is 0 Å². The maximum Gasteiger partial charge on any atom is 0.332 e. The monoisotopic (exact) mass is 253 g/mol. The summed E-state index contributed by atoms with van der Waals surface area (Å²) in [5.41, 5.74) is 0.187. The quantitative estimate of drug-likeness (QED) is 0.805. The number of nitrogens with zero attached hydrogens (tertiary/aromatic N) is 1. The summed E-state index contributed by atoms with van der Waals surface area (Å²) >= 11 is 0. The van der Waals surface area contributed by atoms with Gasteiger partial charge in [-0.2, -0.15) is 0 Å². The predicted molar refractivity (Wildman–Crippen MR) is 65.9 cm³/mol. The summed E-state index contributed by atoms with van der Waals surface area (Å²) in [6.45, 7) is 4.95. The van der Waals surface area contributed by atoms with Crippen molar-refractivity contribution in [1.82, 2.24) is 4.98 Å². The van der Waals surface area contributed by atoms with E-state index in [-0.39, 0.29) is 13.2 Å². The van der Waals surface area contributed by atoms with Crippen LogP contribution < -0.4 is 0 Å². The lowest BCUT2D eigenvalue weighted by molar-refractivity contribution is -0.163. The standard InChI is InChI=1S/C13H19NO4/c1-13(2,3)18-12(16)9-17-11(8-15)10-5-4-6-14-7-10/h4-7,11,15H,8-9H2,1-3H3. The molecule has 0 radical (unpaired) electrons. The van der Waals surface area contributed by atoms with Crippen molar-refractivity contribution in [3.63, 3.8) is 0 Å². The number of pyridine rings is 1. The van der Waals surface area contributed by atoms with Crippen molar-refractivity contribution in [1.29, 1.82) is 0 Å². The number of esters is 1. The van der Waals surface area contributed by atoms with Gasteiger partial charge in [0.25, 0.3) is 0 Å². The van der Waals surface area contributed by atoms with Gasteiger partial charge in [-0.15, -0.1) is 0 Å². The maximum absolute atomic E-state index is 11.5. The topological polar surface area (TPSA) is 68.7 Å². The van der Waals surface area contributed by atoms with Crippen molar-refractivity contribution < 1.29 is 19.4 Å². The molecule has 1 aromatic rings. The summed E-state index contributed by atoms with van der Waals surface area (Å²) in [6.07, 6.45) is 2.66. The van der Waals surface area contributed by atoms with E-state index in [0.29, 0.717) is 0 Å². The Morgan fingerprint density at radius 1 is 1.50 bits per heavy atom. The van der Waals surface area contributed by atoms with Crippen LogP contribution in [0.4, 0.5) is 0 Å². The van der Waals surface area contributed by atoms with Gasteiger partial charge >= 0.3 is 5.97 Å². The van der Waals surface area contributed by atoms with Crippen molar-refractivity contribution in [2.45, 2.75) is 32.5 Å². The fraction of sp³-hybridized carbons (Fsp3) is 0.538. The molecule has 5 heteroatoms. The molecule has 1 rings (SSSR count). The summed E-state index contributed by atoms with van der Waals surface area (Å²) in [5, 5.41) is 9.22. The first-order valence-corrected chi connectivity index (χ1v) is 5.76. The van der Waals surface area contributed by atoms with Crippen molar-refractivity contribution in [3.8, 4) is 0 Å². The molecule has 5 nitrogen and oxygen atoms in total. The number of carbonyl (C=O) groups excluding carboxylic acids is 1. The number of carbonyl (C=O) groups is 1. The van der Waals surface area contributed by atoms with Gasteiger partial charge in [0, 0.05) is 18.0 Å². The first-order chi connectivity index (χ1) is 8.42. The van der Waals surface area contributed by atoms with E-state index in [4.69, 9.17) is 9.47 Å². The highest BCUT2D eigenvalue weighted by atomic mass is 16.6. The lowest BCUT2D eigenvalue weighted by atomic mass is 10.2. The molecule has 1 atom stereocenters. The smallest absolute Gasteiger partial charge is 0.332 e. The second-order valence-corrected chi connectivity index (χ2v) is 4.86. The van der Waals surface area contributed by atoms with Gasteiger partial charge in [0.2, 0.25) is 0 Å². The molecule has 0 spiro atoms. The molecule has 0 aliphatic rings. The zero-order valence-corrected chi connectivity index (χ0v) is 10.9.